The maximum atomic E-state index is 5.53. The zero-order chi connectivity index (χ0) is 14.5. The molecule has 2 heteroatoms. The molecule has 0 saturated heterocycles. The van der Waals surface area contributed by atoms with Crippen LogP contribution in [0.4, 0.5) is 0 Å². The summed E-state index contributed by atoms with van der Waals surface area (Å²) in [5.74, 6) is 0.952. The summed E-state index contributed by atoms with van der Waals surface area (Å²) < 4.78 is 5.53. The molecule has 0 radical (unpaired) electrons. The molecule has 0 N–H and O–H groups in total. The second kappa shape index (κ2) is 4.42. The first-order valence-corrected chi connectivity index (χ1v) is 8.03. The number of hydrogen-bond acceptors (Lipinski definition) is 2. The van der Waals surface area contributed by atoms with Gasteiger partial charge in [0.25, 0.3) is 0 Å². The normalized spacial score (nSPS) is 20.9. The van der Waals surface area contributed by atoms with Crippen LogP contribution < -0.4 is 0 Å². The summed E-state index contributed by atoms with van der Waals surface area (Å²) in [5, 5.41) is 0.594. The molecule has 106 valence electrons. The lowest BCUT2D eigenvalue weighted by Crippen LogP contribution is -2.37. The highest BCUT2D eigenvalue weighted by molar-refractivity contribution is 8.00. The average Bonchev–Trinajstić information content (AvgIpc) is 2.95. The van der Waals surface area contributed by atoms with Crippen LogP contribution in [0, 0.1) is 5.41 Å². The van der Waals surface area contributed by atoms with Crippen molar-refractivity contribution in [2.45, 2.75) is 50.2 Å². The van der Waals surface area contributed by atoms with Gasteiger partial charge in [-0.05, 0) is 35.2 Å². The first-order chi connectivity index (χ1) is 9.30. The Morgan fingerprint density at radius 1 is 1.15 bits per heavy atom. The molecule has 0 aliphatic carbocycles. The van der Waals surface area contributed by atoms with Crippen LogP contribution in [0.2, 0.25) is 0 Å². The summed E-state index contributed by atoms with van der Waals surface area (Å²) in [6, 6.07) is 10.7. The van der Waals surface area contributed by atoms with Gasteiger partial charge in [-0.15, -0.1) is 11.8 Å². The predicted octanol–water partition coefficient (Wildman–Crippen LogP) is 5.74. The van der Waals surface area contributed by atoms with Crippen molar-refractivity contribution in [3.63, 3.8) is 0 Å². The standard InChI is InChI=1S/C18H22OS/c1-17(2,3)16-18(4,5)13-11-12(8-9-15(13)20-16)14-7-6-10-19-14/h6-11,16H,1-5H3. The predicted molar refractivity (Wildman–Crippen MR) is 86.3 cm³/mol. The van der Waals surface area contributed by atoms with Gasteiger partial charge in [-0.3, -0.25) is 0 Å². The van der Waals surface area contributed by atoms with E-state index >= 15 is 0 Å². The van der Waals surface area contributed by atoms with Crippen molar-refractivity contribution in [2.24, 2.45) is 5.41 Å². The summed E-state index contributed by atoms with van der Waals surface area (Å²) in [7, 11) is 0. The number of hydrogen-bond donors (Lipinski definition) is 0. The lowest BCUT2D eigenvalue weighted by atomic mass is 9.72. The third-order valence-electron chi connectivity index (χ3n) is 4.17. The van der Waals surface area contributed by atoms with Gasteiger partial charge < -0.3 is 4.42 Å². The Morgan fingerprint density at radius 3 is 2.50 bits per heavy atom. The highest BCUT2D eigenvalue weighted by Gasteiger charge is 2.46. The molecule has 1 unspecified atom stereocenters. The fourth-order valence-corrected chi connectivity index (χ4v) is 5.03. The Bertz CT molecular complexity index is 617. The molecule has 2 heterocycles. The molecule has 0 saturated carbocycles. The first kappa shape index (κ1) is 13.8. The van der Waals surface area contributed by atoms with Gasteiger partial charge in [-0.1, -0.05) is 40.7 Å². The van der Waals surface area contributed by atoms with Gasteiger partial charge >= 0.3 is 0 Å². The van der Waals surface area contributed by atoms with Crippen molar-refractivity contribution < 1.29 is 4.42 Å². The van der Waals surface area contributed by atoms with E-state index in [1.165, 1.54) is 16.0 Å². The van der Waals surface area contributed by atoms with E-state index < -0.39 is 0 Å². The van der Waals surface area contributed by atoms with E-state index in [4.69, 9.17) is 4.42 Å². The zero-order valence-electron chi connectivity index (χ0n) is 12.9. The van der Waals surface area contributed by atoms with E-state index in [2.05, 4.69) is 52.8 Å². The molecule has 2 aromatic rings. The van der Waals surface area contributed by atoms with Gasteiger partial charge in [0.1, 0.15) is 5.76 Å². The van der Waals surface area contributed by atoms with Crippen molar-refractivity contribution in [3.05, 3.63) is 42.2 Å². The average molecular weight is 286 g/mol. The van der Waals surface area contributed by atoms with Crippen molar-refractivity contribution >= 4 is 11.8 Å². The van der Waals surface area contributed by atoms with Crippen LogP contribution in [-0.4, -0.2) is 5.25 Å². The number of rotatable bonds is 1. The van der Waals surface area contributed by atoms with E-state index in [9.17, 15) is 0 Å². The van der Waals surface area contributed by atoms with Crippen LogP contribution in [0.1, 0.15) is 40.2 Å². The SMILES string of the molecule is CC(C)(C)C1Sc2ccc(-c3ccco3)cc2C1(C)C. The Kier molecular flexibility index (Phi) is 3.06. The van der Waals surface area contributed by atoms with Crippen molar-refractivity contribution in [1.82, 2.24) is 0 Å². The number of furan rings is 1. The highest BCUT2D eigenvalue weighted by Crippen LogP contribution is 2.55. The second-order valence-electron chi connectivity index (χ2n) is 7.27. The number of benzene rings is 1. The molecule has 20 heavy (non-hydrogen) atoms. The fraction of sp³-hybridized carbons (Fsp3) is 0.444. The maximum Gasteiger partial charge on any atom is 0.133 e. The molecular weight excluding hydrogens is 264 g/mol. The van der Waals surface area contributed by atoms with E-state index in [1.807, 2.05) is 23.9 Å². The smallest absolute Gasteiger partial charge is 0.133 e. The van der Waals surface area contributed by atoms with Crippen LogP contribution in [0.15, 0.2) is 45.9 Å². The third-order valence-corrected chi connectivity index (χ3v) is 6.31. The topological polar surface area (TPSA) is 13.1 Å². The molecule has 3 rings (SSSR count). The van der Waals surface area contributed by atoms with E-state index in [0.29, 0.717) is 5.25 Å². The summed E-state index contributed by atoms with van der Waals surface area (Å²) in [5.41, 5.74) is 3.10. The summed E-state index contributed by atoms with van der Waals surface area (Å²) in [6.45, 7) is 11.8. The minimum atomic E-state index is 0.181. The summed E-state index contributed by atoms with van der Waals surface area (Å²) in [4.78, 5) is 1.42. The molecule has 1 nitrogen and oxygen atoms in total. The summed E-state index contributed by atoms with van der Waals surface area (Å²) in [6.07, 6.45) is 1.74. The Balaban J connectivity index is 2.07. The fourth-order valence-electron chi connectivity index (χ4n) is 3.41. The Morgan fingerprint density at radius 2 is 1.90 bits per heavy atom. The minimum absolute atomic E-state index is 0.181. The third kappa shape index (κ3) is 2.10. The van der Waals surface area contributed by atoms with Gasteiger partial charge in [0.2, 0.25) is 0 Å². The minimum Gasteiger partial charge on any atom is -0.464 e. The van der Waals surface area contributed by atoms with Gasteiger partial charge in [0.15, 0.2) is 0 Å². The van der Waals surface area contributed by atoms with Gasteiger partial charge in [-0.25, -0.2) is 0 Å². The van der Waals surface area contributed by atoms with Crippen molar-refractivity contribution in [3.8, 4) is 11.3 Å². The maximum absolute atomic E-state index is 5.53. The van der Waals surface area contributed by atoms with Crippen LogP contribution in [0.25, 0.3) is 11.3 Å². The molecule has 0 amide bonds. The van der Waals surface area contributed by atoms with E-state index in [1.54, 1.807) is 6.26 Å². The first-order valence-electron chi connectivity index (χ1n) is 7.15. The molecule has 0 bridgehead atoms. The zero-order valence-corrected chi connectivity index (χ0v) is 13.7. The molecule has 1 aromatic carbocycles. The van der Waals surface area contributed by atoms with Crippen LogP contribution in [0.3, 0.4) is 0 Å². The molecule has 1 atom stereocenters. The molecular formula is C18H22OS. The van der Waals surface area contributed by atoms with Crippen LogP contribution in [0.5, 0.6) is 0 Å². The van der Waals surface area contributed by atoms with E-state index in [-0.39, 0.29) is 10.8 Å². The van der Waals surface area contributed by atoms with Crippen LogP contribution in [-0.2, 0) is 5.41 Å². The Hall–Kier alpha value is -1.15. The number of thioether (sulfide) groups is 1. The molecule has 0 spiro atoms. The van der Waals surface area contributed by atoms with Gasteiger partial charge in [0.05, 0.1) is 6.26 Å². The van der Waals surface area contributed by atoms with Gasteiger partial charge in [-0.2, -0.15) is 0 Å². The van der Waals surface area contributed by atoms with Gasteiger partial charge in [0, 0.05) is 21.1 Å². The quantitative estimate of drug-likeness (QED) is 0.662. The lowest BCUT2D eigenvalue weighted by molar-refractivity contribution is 0.305. The van der Waals surface area contributed by atoms with E-state index in [0.717, 1.165) is 5.76 Å². The monoisotopic (exact) mass is 286 g/mol. The lowest BCUT2D eigenvalue weighted by Gasteiger charge is -2.37. The summed E-state index contributed by atoms with van der Waals surface area (Å²) >= 11 is 2.03. The largest absolute Gasteiger partial charge is 0.464 e. The van der Waals surface area contributed by atoms with Crippen LogP contribution >= 0.6 is 11.8 Å². The highest BCUT2D eigenvalue weighted by atomic mass is 32.2. The Labute approximate surface area is 125 Å². The molecule has 1 aliphatic rings. The molecule has 0 fully saturated rings. The number of fused-ring (bicyclic) bond motifs is 1. The van der Waals surface area contributed by atoms with Crippen molar-refractivity contribution in [2.75, 3.05) is 0 Å². The molecule has 1 aromatic heterocycles. The van der Waals surface area contributed by atoms with Crippen molar-refractivity contribution in [1.29, 1.82) is 0 Å². The molecule has 1 aliphatic heterocycles. The second-order valence-corrected chi connectivity index (χ2v) is 8.42.